The average Bonchev–Trinajstić information content (AvgIpc) is 3.64. The van der Waals surface area contributed by atoms with Crippen molar-refractivity contribution >= 4 is 71.3 Å². The molecule has 9 rings (SSSR count). The summed E-state index contributed by atoms with van der Waals surface area (Å²) in [5.74, 6) is -3.36. The third-order valence-corrected chi connectivity index (χ3v) is 14.0. The Morgan fingerprint density at radius 3 is 1.62 bits per heavy atom. The average molecular weight is 946 g/mol. The van der Waals surface area contributed by atoms with Crippen LogP contribution in [-0.4, -0.2) is 21.6 Å². The fraction of sp³-hybridized carbons (Fsp3) is 0.0213. The number of Topliss-reactive ketones (excluding diaryl/α,β-unsaturated/α-hetero) is 1. The van der Waals surface area contributed by atoms with Gasteiger partial charge in [-0.3, -0.25) is 14.2 Å². The standard InChI is InChI=1S/C29H16F3NO3S.C18H15OP.Eu/c30-29(31,32)27(35)23-25(34)21-14-13-20-19-11-4-5-12-22(19)37-26(20)24(21)33(28(23)36)18-10-6-9-17(15-18)16-7-2-1-3-8-16;19-20(16-10-4-1-5-11-16,17-12-6-2-7-13-17)18-14-8-3-9-15-18;/h1-15,34H;1-15H;. The van der Waals surface area contributed by atoms with E-state index in [4.69, 9.17) is 0 Å². The third kappa shape index (κ3) is 7.68. The van der Waals surface area contributed by atoms with Crippen molar-refractivity contribution in [3.8, 4) is 22.6 Å². The van der Waals surface area contributed by atoms with Crippen LogP contribution in [0.25, 0.3) is 47.9 Å². The van der Waals surface area contributed by atoms with Crippen LogP contribution < -0.4 is 21.5 Å². The van der Waals surface area contributed by atoms with Gasteiger partial charge in [0.2, 0.25) is 0 Å². The fourth-order valence-corrected chi connectivity index (χ4v) is 11.0. The second-order valence-corrected chi connectivity index (χ2v) is 17.0. The largest absolute Gasteiger partial charge is 0.506 e. The van der Waals surface area contributed by atoms with Crippen molar-refractivity contribution < 1.29 is 77.0 Å². The molecule has 0 amide bonds. The Labute approximate surface area is 376 Å². The fourth-order valence-electron chi connectivity index (χ4n) is 7.05. The second kappa shape index (κ2) is 17.1. The predicted octanol–water partition coefficient (Wildman–Crippen LogP) is 10.8. The summed E-state index contributed by atoms with van der Waals surface area (Å²) in [5, 5.41) is 15.2. The quantitative estimate of drug-likeness (QED) is 0.133. The van der Waals surface area contributed by atoms with Crippen LogP contribution in [0.4, 0.5) is 13.2 Å². The molecular weight excluding hydrogens is 915 g/mol. The number of halogens is 3. The maximum atomic E-state index is 13.8. The Hall–Kier alpha value is -4.96. The van der Waals surface area contributed by atoms with Gasteiger partial charge in [0.1, 0.15) is 11.3 Å². The summed E-state index contributed by atoms with van der Waals surface area (Å²) in [6.07, 6.45) is -5.34. The molecule has 58 heavy (non-hydrogen) atoms. The summed E-state index contributed by atoms with van der Waals surface area (Å²) in [7, 11) is -2.78. The van der Waals surface area contributed by atoms with Crippen LogP contribution in [0.5, 0.6) is 5.75 Å². The number of alkyl halides is 3. The molecule has 287 valence electrons. The molecule has 0 unspecified atom stereocenters. The first kappa shape index (κ1) is 41.2. The molecule has 9 aromatic rings. The van der Waals surface area contributed by atoms with Crippen LogP contribution >= 0.6 is 18.5 Å². The van der Waals surface area contributed by atoms with Crippen LogP contribution in [0.1, 0.15) is 10.4 Å². The number of aromatic hydroxyl groups is 1. The third-order valence-electron chi connectivity index (χ3n) is 9.71. The Morgan fingerprint density at radius 2 is 1.07 bits per heavy atom. The topological polar surface area (TPSA) is 76.4 Å². The van der Waals surface area contributed by atoms with Gasteiger partial charge in [0.15, 0.2) is 7.14 Å². The van der Waals surface area contributed by atoms with Gasteiger partial charge in [0.25, 0.3) is 11.3 Å². The van der Waals surface area contributed by atoms with Gasteiger partial charge in [0, 0.05) is 91.8 Å². The van der Waals surface area contributed by atoms with Crippen molar-refractivity contribution in [3.05, 3.63) is 198 Å². The summed E-state index contributed by atoms with van der Waals surface area (Å²) in [6.45, 7) is 0. The summed E-state index contributed by atoms with van der Waals surface area (Å²) >= 11 is 1.36. The van der Waals surface area contributed by atoms with Crippen molar-refractivity contribution in [2.45, 2.75) is 6.18 Å². The van der Waals surface area contributed by atoms with Crippen molar-refractivity contribution in [1.82, 2.24) is 4.57 Å². The summed E-state index contributed by atoms with van der Waals surface area (Å²) < 4.78 is 57.0. The van der Waals surface area contributed by atoms with Gasteiger partial charge in [-0.2, -0.15) is 13.2 Å². The monoisotopic (exact) mass is 946 g/mol. The summed E-state index contributed by atoms with van der Waals surface area (Å²) in [4.78, 5) is 26.0. The minimum absolute atomic E-state index is 0. The molecule has 0 aliphatic heterocycles. The zero-order chi connectivity index (χ0) is 39.7. The van der Waals surface area contributed by atoms with Crippen molar-refractivity contribution in [2.75, 3.05) is 0 Å². The molecule has 0 fully saturated rings. The number of fused-ring (bicyclic) bond motifs is 5. The molecule has 0 spiro atoms. The van der Waals surface area contributed by atoms with Gasteiger partial charge in [-0.05, 0) is 35.4 Å². The molecule has 0 bridgehead atoms. The number of rotatable bonds is 6. The summed E-state index contributed by atoms with van der Waals surface area (Å²) in [5.41, 5.74) is -0.437. The molecule has 11 heteroatoms. The predicted molar refractivity (Wildman–Crippen MR) is 226 cm³/mol. The number of aromatic nitrogens is 1. The number of pyridine rings is 1. The Balaban J connectivity index is 0.000000206. The maximum Gasteiger partial charge on any atom is 0.455 e. The maximum absolute atomic E-state index is 13.8. The van der Waals surface area contributed by atoms with Crippen LogP contribution in [0.2, 0.25) is 0 Å². The van der Waals surface area contributed by atoms with Gasteiger partial charge >= 0.3 is 6.18 Å². The van der Waals surface area contributed by atoms with Gasteiger partial charge < -0.3 is 9.67 Å². The Kier molecular flexibility index (Phi) is 12.2. The SMILES string of the molecule is O=C(c1c(O)c2ccc3c4ccccc4sc3c2n(-c2cccc(-c3ccccc3)c2)c1=O)C(F)(F)F.O=P(c1ccccc1)(c1ccccc1)c1ccccc1.[Eu]. The zero-order valence-corrected chi connectivity index (χ0v) is 34.4. The van der Waals surface area contributed by atoms with Crippen molar-refractivity contribution in [1.29, 1.82) is 0 Å². The molecule has 0 aliphatic rings. The summed E-state index contributed by atoms with van der Waals surface area (Å²) in [6, 6.07) is 56.0. The smallest absolute Gasteiger partial charge is 0.455 e. The number of ketones is 1. The van der Waals surface area contributed by atoms with E-state index in [1.165, 1.54) is 17.4 Å². The van der Waals surface area contributed by atoms with E-state index in [1.54, 1.807) is 24.3 Å². The zero-order valence-electron chi connectivity index (χ0n) is 30.3. The molecule has 2 aromatic heterocycles. The van der Waals surface area contributed by atoms with Crippen molar-refractivity contribution in [3.63, 3.8) is 0 Å². The van der Waals surface area contributed by atoms with Crippen LogP contribution in [0.15, 0.2) is 187 Å². The van der Waals surface area contributed by atoms with E-state index in [1.807, 2.05) is 152 Å². The number of thiophene rings is 1. The first-order chi connectivity index (χ1) is 27.6. The minimum Gasteiger partial charge on any atom is -0.506 e. The van der Waals surface area contributed by atoms with E-state index in [-0.39, 0.29) is 66.0 Å². The van der Waals surface area contributed by atoms with E-state index in [0.717, 1.165) is 47.1 Å². The van der Waals surface area contributed by atoms with Gasteiger partial charge in [-0.15, -0.1) is 11.3 Å². The molecule has 0 saturated heterocycles. The van der Waals surface area contributed by atoms with Gasteiger partial charge in [0.05, 0.1) is 10.2 Å². The normalized spacial score (nSPS) is 11.5. The van der Waals surface area contributed by atoms with Crippen LogP contribution in [0, 0.1) is 49.4 Å². The number of carbonyl (C=O) groups excluding carboxylic acids is 1. The van der Waals surface area contributed by atoms with Crippen LogP contribution in [0.3, 0.4) is 0 Å². The van der Waals surface area contributed by atoms with E-state index < -0.39 is 36.0 Å². The minimum atomic E-state index is -5.34. The molecule has 5 nitrogen and oxygen atoms in total. The first-order valence-corrected chi connectivity index (χ1v) is 20.4. The second-order valence-electron chi connectivity index (χ2n) is 13.2. The molecular formula is C47H31EuF3NO4PS. The molecule has 2 heterocycles. The van der Waals surface area contributed by atoms with Crippen LogP contribution in [-0.2, 0) is 4.57 Å². The number of nitrogens with zero attached hydrogens (tertiary/aromatic N) is 1. The number of hydrogen-bond acceptors (Lipinski definition) is 5. The van der Waals surface area contributed by atoms with Gasteiger partial charge in [-0.25, -0.2) is 0 Å². The molecule has 1 N–H and O–H groups in total. The van der Waals surface area contributed by atoms with E-state index in [2.05, 4.69) is 0 Å². The molecule has 1 radical (unpaired) electrons. The Morgan fingerprint density at radius 1 is 0.586 bits per heavy atom. The number of carbonyl (C=O) groups is 1. The Bertz CT molecular complexity index is 2930. The molecule has 0 atom stereocenters. The van der Waals surface area contributed by atoms with Crippen molar-refractivity contribution in [2.24, 2.45) is 0 Å². The van der Waals surface area contributed by atoms with E-state index in [9.17, 15) is 32.4 Å². The molecule has 0 aliphatic carbocycles. The number of hydrogen-bond donors (Lipinski definition) is 1. The molecule has 7 aromatic carbocycles. The molecule has 0 saturated carbocycles. The van der Waals surface area contributed by atoms with E-state index >= 15 is 0 Å². The van der Waals surface area contributed by atoms with E-state index in [0.29, 0.717) is 4.70 Å². The first-order valence-electron chi connectivity index (χ1n) is 17.8. The van der Waals surface area contributed by atoms with Gasteiger partial charge in [-0.1, -0.05) is 158 Å². The number of benzene rings is 7.